The Balaban J connectivity index is 2.47. The fraction of sp³-hybridized carbons (Fsp3) is 0.692. The monoisotopic (exact) mass is 234 g/mol. The summed E-state index contributed by atoms with van der Waals surface area (Å²) in [5.74, 6) is 0. The van der Waals surface area contributed by atoms with Crippen LogP contribution in [0.3, 0.4) is 0 Å². The summed E-state index contributed by atoms with van der Waals surface area (Å²) >= 11 is 0. The van der Waals surface area contributed by atoms with Crippen LogP contribution in [-0.4, -0.2) is 21.9 Å². The van der Waals surface area contributed by atoms with Crippen molar-refractivity contribution in [1.82, 2.24) is 15.1 Å². The zero-order valence-electron chi connectivity index (χ0n) is 11.2. The van der Waals surface area contributed by atoms with Crippen LogP contribution in [0.2, 0.25) is 0 Å². The van der Waals surface area contributed by atoms with Gasteiger partial charge in [-0.25, -0.2) is 0 Å². The Morgan fingerprint density at radius 3 is 2.71 bits per heavy atom. The molecule has 1 aromatic heterocycles. The third-order valence-electron chi connectivity index (χ3n) is 2.96. The lowest BCUT2D eigenvalue weighted by Crippen LogP contribution is -2.40. The van der Waals surface area contributed by atoms with Crippen molar-refractivity contribution in [2.45, 2.75) is 52.6 Å². The molecule has 0 aliphatic rings. The van der Waals surface area contributed by atoms with Gasteiger partial charge in [-0.3, -0.25) is 10.00 Å². The van der Waals surface area contributed by atoms with Crippen molar-refractivity contribution in [3.63, 3.8) is 0 Å². The van der Waals surface area contributed by atoms with Gasteiger partial charge >= 0.3 is 0 Å². The molecule has 17 heavy (non-hydrogen) atoms. The van der Waals surface area contributed by atoms with Gasteiger partial charge in [0.25, 0.3) is 0 Å². The fourth-order valence-electron chi connectivity index (χ4n) is 2.06. The van der Waals surface area contributed by atoms with Gasteiger partial charge in [-0.2, -0.15) is 10.4 Å². The Hall–Kier alpha value is -1.34. The van der Waals surface area contributed by atoms with Crippen LogP contribution in [0.1, 0.15) is 38.1 Å². The normalized spacial score (nSPS) is 14.3. The molecule has 1 atom stereocenters. The van der Waals surface area contributed by atoms with E-state index in [1.807, 2.05) is 25.5 Å². The van der Waals surface area contributed by atoms with Gasteiger partial charge in [-0.05, 0) is 46.2 Å². The zero-order chi connectivity index (χ0) is 12.9. The maximum atomic E-state index is 9.14. The van der Waals surface area contributed by atoms with Gasteiger partial charge in [0.15, 0.2) is 0 Å². The summed E-state index contributed by atoms with van der Waals surface area (Å²) in [5, 5.41) is 16.8. The Morgan fingerprint density at radius 1 is 1.53 bits per heavy atom. The van der Waals surface area contributed by atoms with Crippen molar-refractivity contribution in [2.24, 2.45) is 0 Å². The Bertz CT molecular complexity index is 402. The molecule has 0 saturated carbocycles. The lowest BCUT2D eigenvalue weighted by molar-refractivity contribution is 0.395. The SMILES string of the molecule is CCNC(C)(C#N)CCCn1nc(C)cc1C. The van der Waals surface area contributed by atoms with Crippen molar-refractivity contribution >= 4 is 0 Å². The fourth-order valence-corrected chi connectivity index (χ4v) is 2.06. The van der Waals surface area contributed by atoms with E-state index in [-0.39, 0.29) is 0 Å². The number of nitrogens with one attached hydrogen (secondary N) is 1. The lowest BCUT2D eigenvalue weighted by atomic mass is 9.98. The first-order chi connectivity index (χ1) is 8.00. The van der Waals surface area contributed by atoms with Crippen LogP contribution < -0.4 is 5.32 Å². The van der Waals surface area contributed by atoms with E-state index in [2.05, 4.69) is 29.5 Å². The molecule has 1 heterocycles. The molecule has 0 aliphatic heterocycles. The molecule has 0 aromatic carbocycles. The number of hydrogen-bond donors (Lipinski definition) is 1. The highest BCUT2D eigenvalue weighted by atomic mass is 15.3. The molecule has 0 fully saturated rings. The minimum Gasteiger partial charge on any atom is -0.300 e. The number of nitrogens with zero attached hydrogens (tertiary/aromatic N) is 3. The summed E-state index contributed by atoms with van der Waals surface area (Å²) in [6, 6.07) is 4.42. The average molecular weight is 234 g/mol. The maximum absolute atomic E-state index is 9.14. The van der Waals surface area contributed by atoms with Crippen molar-refractivity contribution in [3.05, 3.63) is 17.5 Å². The van der Waals surface area contributed by atoms with Crippen molar-refractivity contribution in [3.8, 4) is 6.07 Å². The molecule has 4 nitrogen and oxygen atoms in total. The first kappa shape index (κ1) is 13.7. The van der Waals surface area contributed by atoms with Crippen LogP contribution in [0, 0.1) is 25.2 Å². The molecule has 1 N–H and O–H groups in total. The van der Waals surface area contributed by atoms with E-state index in [9.17, 15) is 0 Å². The molecule has 1 unspecified atom stereocenters. The number of aromatic nitrogens is 2. The molecule has 1 aromatic rings. The standard InChI is InChI=1S/C13H22N4/c1-5-15-13(4,10-14)7-6-8-17-12(3)9-11(2)16-17/h9,15H,5-8H2,1-4H3. The predicted molar refractivity (Wildman–Crippen MR) is 68.6 cm³/mol. The van der Waals surface area contributed by atoms with Crippen LogP contribution in [0.5, 0.6) is 0 Å². The van der Waals surface area contributed by atoms with E-state index < -0.39 is 5.54 Å². The summed E-state index contributed by atoms with van der Waals surface area (Å²) in [4.78, 5) is 0. The molecule has 1 rings (SSSR count). The lowest BCUT2D eigenvalue weighted by Gasteiger charge is -2.22. The molecule has 0 saturated heterocycles. The van der Waals surface area contributed by atoms with E-state index in [0.717, 1.165) is 31.6 Å². The predicted octanol–water partition coefficient (Wildman–Crippen LogP) is 2.17. The van der Waals surface area contributed by atoms with E-state index in [4.69, 9.17) is 5.26 Å². The second-order valence-corrected chi connectivity index (χ2v) is 4.73. The smallest absolute Gasteiger partial charge is 0.103 e. The van der Waals surface area contributed by atoms with Gasteiger partial charge in [-0.15, -0.1) is 0 Å². The molecule has 0 bridgehead atoms. The van der Waals surface area contributed by atoms with Crippen LogP contribution in [0.25, 0.3) is 0 Å². The summed E-state index contributed by atoms with van der Waals surface area (Å²) in [6.45, 7) is 9.75. The van der Waals surface area contributed by atoms with Gasteiger partial charge in [0.2, 0.25) is 0 Å². The second-order valence-electron chi connectivity index (χ2n) is 4.73. The molecule has 4 heteroatoms. The number of aryl methyl sites for hydroxylation is 3. The summed E-state index contributed by atoms with van der Waals surface area (Å²) in [7, 11) is 0. The molecule has 0 aliphatic carbocycles. The first-order valence-corrected chi connectivity index (χ1v) is 6.18. The third kappa shape index (κ3) is 3.86. The number of nitriles is 1. The summed E-state index contributed by atoms with van der Waals surface area (Å²) in [6.07, 6.45) is 1.80. The van der Waals surface area contributed by atoms with Gasteiger partial charge in [-0.1, -0.05) is 6.92 Å². The van der Waals surface area contributed by atoms with Crippen molar-refractivity contribution < 1.29 is 0 Å². The van der Waals surface area contributed by atoms with Crippen LogP contribution in [0.15, 0.2) is 6.07 Å². The minimum atomic E-state index is -0.412. The summed E-state index contributed by atoms with van der Waals surface area (Å²) < 4.78 is 2.01. The second kappa shape index (κ2) is 5.83. The van der Waals surface area contributed by atoms with Gasteiger partial charge in [0.1, 0.15) is 5.54 Å². The Morgan fingerprint density at radius 2 is 2.24 bits per heavy atom. The highest BCUT2D eigenvalue weighted by molar-refractivity contribution is 5.07. The van der Waals surface area contributed by atoms with Crippen molar-refractivity contribution in [1.29, 1.82) is 5.26 Å². The van der Waals surface area contributed by atoms with Crippen LogP contribution in [-0.2, 0) is 6.54 Å². The van der Waals surface area contributed by atoms with Crippen LogP contribution >= 0.6 is 0 Å². The summed E-state index contributed by atoms with van der Waals surface area (Å²) in [5.41, 5.74) is 1.83. The van der Waals surface area contributed by atoms with E-state index in [1.165, 1.54) is 5.69 Å². The molecule has 94 valence electrons. The highest BCUT2D eigenvalue weighted by Gasteiger charge is 2.21. The Labute approximate surface area is 104 Å². The van der Waals surface area contributed by atoms with E-state index >= 15 is 0 Å². The first-order valence-electron chi connectivity index (χ1n) is 6.18. The molecule has 0 radical (unpaired) electrons. The molecular formula is C13H22N4. The molecule has 0 amide bonds. The largest absolute Gasteiger partial charge is 0.300 e. The highest BCUT2D eigenvalue weighted by Crippen LogP contribution is 2.12. The van der Waals surface area contributed by atoms with Gasteiger partial charge in [0, 0.05) is 12.2 Å². The average Bonchev–Trinajstić information content (AvgIpc) is 2.58. The van der Waals surface area contributed by atoms with E-state index in [0.29, 0.717) is 0 Å². The third-order valence-corrected chi connectivity index (χ3v) is 2.96. The van der Waals surface area contributed by atoms with Gasteiger partial charge in [0.05, 0.1) is 11.8 Å². The Kier molecular flexibility index (Phi) is 4.71. The van der Waals surface area contributed by atoms with Crippen molar-refractivity contribution in [2.75, 3.05) is 6.54 Å². The maximum Gasteiger partial charge on any atom is 0.103 e. The zero-order valence-corrected chi connectivity index (χ0v) is 11.2. The molecule has 0 spiro atoms. The topological polar surface area (TPSA) is 53.6 Å². The molecular weight excluding hydrogens is 212 g/mol. The number of hydrogen-bond acceptors (Lipinski definition) is 3. The minimum absolute atomic E-state index is 0.412. The van der Waals surface area contributed by atoms with E-state index in [1.54, 1.807) is 0 Å². The number of rotatable bonds is 6. The van der Waals surface area contributed by atoms with Crippen LogP contribution in [0.4, 0.5) is 0 Å². The van der Waals surface area contributed by atoms with Gasteiger partial charge < -0.3 is 0 Å². The quantitative estimate of drug-likeness (QED) is 0.820.